The van der Waals surface area contributed by atoms with Crippen molar-refractivity contribution in [2.24, 2.45) is 5.41 Å². The van der Waals surface area contributed by atoms with Crippen molar-refractivity contribution in [1.29, 1.82) is 0 Å². The quantitative estimate of drug-likeness (QED) is 0.744. The first-order valence-corrected chi connectivity index (χ1v) is 5.97. The smallest absolute Gasteiger partial charge is 0.233 e. The molecule has 0 heterocycles. The first kappa shape index (κ1) is 12.5. The summed E-state index contributed by atoms with van der Waals surface area (Å²) in [6.45, 7) is 7.59. The highest BCUT2D eigenvalue weighted by Crippen LogP contribution is 2.17. The lowest BCUT2D eigenvalue weighted by atomic mass is 9.97. The molecule has 1 amide bonds. The van der Waals surface area contributed by atoms with Crippen LogP contribution in [0.4, 0.5) is 0 Å². The maximum absolute atomic E-state index is 11.5. The Labute approximate surface area is 93.0 Å². The van der Waals surface area contributed by atoms with Gasteiger partial charge in [-0.15, -0.1) is 0 Å². The Kier molecular flexibility index (Phi) is 4.58. The van der Waals surface area contributed by atoms with E-state index in [1.165, 1.54) is 25.7 Å². The second-order valence-corrected chi connectivity index (χ2v) is 5.70. The minimum absolute atomic E-state index is 0.122. The fraction of sp³-hybridized carbons (Fsp3) is 0.917. The molecule has 88 valence electrons. The van der Waals surface area contributed by atoms with Crippen molar-refractivity contribution in [3.05, 3.63) is 0 Å². The molecular weight excluding hydrogens is 188 g/mol. The number of amides is 1. The van der Waals surface area contributed by atoms with Gasteiger partial charge in [0.15, 0.2) is 0 Å². The topological polar surface area (TPSA) is 41.1 Å². The van der Waals surface area contributed by atoms with Gasteiger partial charge in [0.05, 0.1) is 6.54 Å². The van der Waals surface area contributed by atoms with E-state index in [4.69, 9.17) is 0 Å². The van der Waals surface area contributed by atoms with Crippen molar-refractivity contribution < 1.29 is 4.79 Å². The van der Waals surface area contributed by atoms with Crippen LogP contribution < -0.4 is 10.6 Å². The van der Waals surface area contributed by atoms with Gasteiger partial charge in [-0.2, -0.15) is 0 Å². The fourth-order valence-corrected chi connectivity index (χ4v) is 1.79. The zero-order valence-electron chi connectivity index (χ0n) is 10.2. The van der Waals surface area contributed by atoms with Crippen LogP contribution in [0, 0.1) is 5.41 Å². The summed E-state index contributed by atoms with van der Waals surface area (Å²) in [6.07, 6.45) is 5.07. The van der Waals surface area contributed by atoms with Crippen molar-refractivity contribution in [2.45, 2.75) is 52.5 Å². The SMILES string of the molecule is CC(C)(C)CNC(=O)CNC1CCCC1. The molecule has 0 aromatic carbocycles. The highest BCUT2D eigenvalue weighted by atomic mass is 16.1. The van der Waals surface area contributed by atoms with Crippen molar-refractivity contribution >= 4 is 5.91 Å². The molecule has 0 radical (unpaired) electrons. The Morgan fingerprint density at radius 1 is 1.27 bits per heavy atom. The van der Waals surface area contributed by atoms with E-state index in [0.717, 1.165) is 6.54 Å². The van der Waals surface area contributed by atoms with E-state index in [2.05, 4.69) is 31.4 Å². The highest BCUT2D eigenvalue weighted by Gasteiger charge is 2.16. The van der Waals surface area contributed by atoms with Crippen molar-refractivity contribution in [3.63, 3.8) is 0 Å². The first-order chi connectivity index (χ1) is 6.97. The van der Waals surface area contributed by atoms with Crippen LogP contribution in [0.1, 0.15) is 46.5 Å². The predicted octanol–water partition coefficient (Wildman–Crippen LogP) is 1.68. The molecule has 0 aromatic heterocycles. The largest absolute Gasteiger partial charge is 0.354 e. The lowest BCUT2D eigenvalue weighted by Crippen LogP contribution is -2.40. The van der Waals surface area contributed by atoms with E-state index in [1.54, 1.807) is 0 Å². The van der Waals surface area contributed by atoms with Crippen molar-refractivity contribution in [1.82, 2.24) is 10.6 Å². The van der Waals surface area contributed by atoms with E-state index in [9.17, 15) is 4.79 Å². The van der Waals surface area contributed by atoms with Gasteiger partial charge in [0.25, 0.3) is 0 Å². The molecule has 1 saturated carbocycles. The highest BCUT2D eigenvalue weighted by molar-refractivity contribution is 5.78. The molecule has 0 atom stereocenters. The summed E-state index contributed by atoms with van der Waals surface area (Å²) in [6, 6.07) is 0.574. The summed E-state index contributed by atoms with van der Waals surface area (Å²) in [5, 5.41) is 6.25. The van der Waals surface area contributed by atoms with Gasteiger partial charge in [-0.05, 0) is 18.3 Å². The fourth-order valence-electron chi connectivity index (χ4n) is 1.79. The monoisotopic (exact) mass is 212 g/mol. The molecule has 3 heteroatoms. The predicted molar refractivity (Wildman–Crippen MR) is 62.7 cm³/mol. The van der Waals surface area contributed by atoms with Crippen LogP contribution in [-0.4, -0.2) is 25.0 Å². The summed E-state index contributed by atoms with van der Waals surface area (Å²) in [4.78, 5) is 11.5. The minimum atomic E-state index is 0.122. The maximum Gasteiger partial charge on any atom is 0.233 e. The van der Waals surface area contributed by atoms with Crippen LogP contribution in [0.3, 0.4) is 0 Å². The third kappa shape index (κ3) is 5.78. The Balaban J connectivity index is 2.08. The molecule has 1 rings (SSSR count). The number of carbonyl (C=O) groups excluding carboxylic acids is 1. The van der Waals surface area contributed by atoms with Gasteiger partial charge >= 0.3 is 0 Å². The molecule has 1 aliphatic carbocycles. The zero-order chi connectivity index (χ0) is 11.3. The molecule has 0 aromatic rings. The summed E-state index contributed by atoms with van der Waals surface area (Å²) in [5.41, 5.74) is 0.170. The molecular formula is C12H24N2O. The van der Waals surface area contributed by atoms with Crippen LogP contribution in [0.25, 0.3) is 0 Å². The Bertz CT molecular complexity index is 202. The Morgan fingerprint density at radius 3 is 2.40 bits per heavy atom. The summed E-state index contributed by atoms with van der Waals surface area (Å²) < 4.78 is 0. The van der Waals surface area contributed by atoms with E-state index >= 15 is 0 Å². The summed E-state index contributed by atoms with van der Waals surface area (Å²) >= 11 is 0. The standard InChI is InChI=1S/C12H24N2O/c1-12(2,3)9-14-11(15)8-13-10-6-4-5-7-10/h10,13H,4-9H2,1-3H3,(H,14,15). The molecule has 0 aliphatic heterocycles. The molecule has 0 saturated heterocycles. The Morgan fingerprint density at radius 2 is 1.87 bits per heavy atom. The van der Waals surface area contributed by atoms with Gasteiger partial charge in [-0.1, -0.05) is 33.6 Å². The summed E-state index contributed by atoms with van der Waals surface area (Å²) in [5.74, 6) is 0.122. The molecule has 2 N–H and O–H groups in total. The lowest BCUT2D eigenvalue weighted by Gasteiger charge is -2.19. The zero-order valence-corrected chi connectivity index (χ0v) is 10.2. The van der Waals surface area contributed by atoms with E-state index < -0.39 is 0 Å². The first-order valence-electron chi connectivity index (χ1n) is 5.97. The lowest BCUT2D eigenvalue weighted by molar-refractivity contribution is -0.120. The van der Waals surface area contributed by atoms with Crippen LogP contribution >= 0.6 is 0 Å². The van der Waals surface area contributed by atoms with Gasteiger partial charge in [-0.3, -0.25) is 4.79 Å². The second-order valence-electron chi connectivity index (χ2n) is 5.70. The average molecular weight is 212 g/mol. The van der Waals surface area contributed by atoms with Crippen LogP contribution in [0.5, 0.6) is 0 Å². The van der Waals surface area contributed by atoms with Crippen molar-refractivity contribution in [3.8, 4) is 0 Å². The minimum Gasteiger partial charge on any atom is -0.354 e. The van der Waals surface area contributed by atoms with Crippen LogP contribution in [-0.2, 0) is 4.79 Å². The third-order valence-corrected chi connectivity index (χ3v) is 2.72. The van der Waals surface area contributed by atoms with E-state index in [-0.39, 0.29) is 11.3 Å². The molecule has 15 heavy (non-hydrogen) atoms. The average Bonchev–Trinajstić information content (AvgIpc) is 2.62. The molecule has 0 bridgehead atoms. The van der Waals surface area contributed by atoms with E-state index in [0.29, 0.717) is 12.6 Å². The van der Waals surface area contributed by atoms with Gasteiger partial charge in [0, 0.05) is 12.6 Å². The number of nitrogens with one attached hydrogen (secondary N) is 2. The van der Waals surface area contributed by atoms with E-state index in [1.807, 2.05) is 0 Å². The molecule has 0 spiro atoms. The van der Waals surface area contributed by atoms with Crippen LogP contribution in [0.2, 0.25) is 0 Å². The van der Waals surface area contributed by atoms with Gasteiger partial charge in [0.1, 0.15) is 0 Å². The maximum atomic E-state index is 11.5. The van der Waals surface area contributed by atoms with Crippen molar-refractivity contribution in [2.75, 3.05) is 13.1 Å². The van der Waals surface area contributed by atoms with Gasteiger partial charge < -0.3 is 10.6 Å². The number of carbonyl (C=O) groups is 1. The number of hydrogen-bond donors (Lipinski definition) is 2. The number of hydrogen-bond acceptors (Lipinski definition) is 2. The Hall–Kier alpha value is -0.570. The van der Waals surface area contributed by atoms with Gasteiger partial charge in [0.2, 0.25) is 5.91 Å². The summed E-state index contributed by atoms with van der Waals surface area (Å²) in [7, 11) is 0. The molecule has 0 unspecified atom stereocenters. The normalized spacial score (nSPS) is 18.1. The third-order valence-electron chi connectivity index (χ3n) is 2.72. The second kappa shape index (κ2) is 5.50. The molecule has 1 aliphatic rings. The van der Waals surface area contributed by atoms with Crippen LogP contribution in [0.15, 0.2) is 0 Å². The number of rotatable bonds is 4. The van der Waals surface area contributed by atoms with Gasteiger partial charge in [-0.25, -0.2) is 0 Å². The molecule has 3 nitrogen and oxygen atoms in total. The molecule has 1 fully saturated rings.